The maximum atomic E-state index is 5.96. The number of hydrogen-bond donors (Lipinski definition) is 1. The zero-order valence-electron chi connectivity index (χ0n) is 10.2. The molecule has 2 unspecified atom stereocenters. The van der Waals surface area contributed by atoms with Crippen LogP contribution in [-0.4, -0.2) is 25.0 Å². The molecule has 0 saturated carbocycles. The van der Waals surface area contributed by atoms with Crippen molar-refractivity contribution in [3.05, 3.63) is 21.3 Å². The van der Waals surface area contributed by atoms with Crippen molar-refractivity contribution in [2.24, 2.45) is 11.7 Å². The Labute approximate surface area is 107 Å². The van der Waals surface area contributed by atoms with E-state index >= 15 is 0 Å². The van der Waals surface area contributed by atoms with E-state index in [0.717, 1.165) is 10.9 Å². The summed E-state index contributed by atoms with van der Waals surface area (Å²) in [6, 6.07) is 4.32. The molecule has 16 heavy (non-hydrogen) atoms. The number of nitrogens with two attached hydrogens (primary N) is 1. The van der Waals surface area contributed by atoms with Gasteiger partial charge < -0.3 is 5.73 Å². The molecule has 0 aliphatic carbocycles. The lowest BCUT2D eigenvalue weighted by Crippen LogP contribution is -2.33. The van der Waals surface area contributed by atoms with Crippen LogP contribution in [0.1, 0.15) is 31.2 Å². The van der Waals surface area contributed by atoms with Gasteiger partial charge in [-0.15, -0.1) is 11.3 Å². The van der Waals surface area contributed by atoms with Crippen LogP contribution >= 0.6 is 22.9 Å². The number of rotatable bonds is 6. The number of nitrogens with zero attached hydrogens (tertiary/aromatic N) is 1. The number of thiophene rings is 1. The van der Waals surface area contributed by atoms with Gasteiger partial charge in [-0.05, 0) is 25.1 Å². The van der Waals surface area contributed by atoms with Crippen molar-refractivity contribution < 1.29 is 0 Å². The summed E-state index contributed by atoms with van der Waals surface area (Å²) in [7, 11) is 2.14. The van der Waals surface area contributed by atoms with E-state index in [9.17, 15) is 0 Å². The molecule has 92 valence electrons. The van der Waals surface area contributed by atoms with Gasteiger partial charge in [-0.2, -0.15) is 0 Å². The van der Waals surface area contributed by atoms with Crippen molar-refractivity contribution in [2.75, 3.05) is 20.1 Å². The van der Waals surface area contributed by atoms with E-state index in [2.05, 4.69) is 31.9 Å². The van der Waals surface area contributed by atoms with E-state index in [0.29, 0.717) is 18.5 Å². The lowest BCUT2D eigenvalue weighted by molar-refractivity contribution is 0.218. The highest BCUT2D eigenvalue weighted by molar-refractivity contribution is 7.16. The molecule has 0 amide bonds. The van der Waals surface area contributed by atoms with Crippen LogP contribution in [0.5, 0.6) is 0 Å². The summed E-state index contributed by atoms with van der Waals surface area (Å²) in [5.74, 6) is 0.703. The summed E-state index contributed by atoms with van der Waals surface area (Å²) >= 11 is 7.59. The molecule has 0 radical (unpaired) electrons. The number of halogens is 1. The van der Waals surface area contributed by atoms with Gasteiger partial charge in [0.2, 0.25) is 0 Å². The summed E-state index contributed by atoms with van der Waals surface area (Å²) < 4.78 is 0.838. The Bertz CT molecular complexity index is 314. The molecule has 4 heteroatoms. The van der Waals surface area contributed by atoms with E-state index < -0.39 is 0 Å². The first kappa shape index (κ1) is 14.0. The molecule has 0 aliphatic rings. The average Bonchev–Trinajstić information content (AvgIpc) is 2.65. The van der Waals surface area contributed by atoms with Crippen LogP contribution in [0.25, 0.3) is 0 Å². The predicted octanol–water partition coefficient (Wildman–Crippen LogP) is 3.38. The zero-order valence-corrected chi connectivity index (χ0v) is 11.8. The highest BCUT2D eigenvalue weighted by Crippen LogP contribution is 2.29. The minimum Gasteiger partial charge on any atom is -0.329 e. The number of likely N-dealkylation sites (N-methyl/N-ethyl adjacent to an activating group) is 1. The zero-order chi connectivity index (χ0) is 12.1. The summed E-state index contributed by atoms with van der Waals surface area (Å²) in [5.41, 5.74) is 5.85. The van der Waals surface area contributed by atoms with Gasteiger partial charge in [-0.25, -0.2) is 0 Å². The fourth-order valence-electron chi connectivity index (χ4n) is 1.77. The maximum absolute atomic E-state index is 5.96. The minimum absolute atomic E-state index is 0.298. The molecular weight excluding hydrogens is 240 g/mol. The first-order valence-corrected chi connectivity index (χ1v) is 6.93. The standard InChI is InChI=1S/C12H21ClN2S/c1-4-9(2)8-15(3)10(7-14)11-5-6-12(13)16-11/h5-6,9-10H,4,7-8,14H2,1-3H3. The van der Waals surface area contributed by atoms with Gasteiger partial charge in [-0.3, -0.25) is 4.90 Å². The van der Waals surface area contributed by atoms with E-state index in [1.807, 2.05) is 6.07 Å². The Hall–Kier alpha value is -0.0900. The molecule has 0 bridgehead atoms. The molecule has 1 aromatic heterocycles. The van der Waals surface area contributed by atoms with Crippen molar-refractivity contribution in [1.29, 1.82) is 0 Å². The molecule has 2 atom stereocenters. The Morgan fingerprint density at radius 2 is 2.19 bits per heavy atom. The highest BCUT2D eigenvalue weighted by atomic mass is 35.5. The highest BCUT2D eigenvalue weighted by Gasteiger charge is 2.18. The lowest BCUT2D eigenvalue weighted by Gasteiger charge is -2.28. The normalized spacial score (nSPS) is 15.4. The Morgan fingerprint density at radius 1 is 1.50 bits per heavy atom. The monoisotopic (exact) mass is 260 g/mol. The fraction of sp³-hybridized carbons (Fsp3) is 0.667. The molecule has 1 heterocycles. The fourth-order valence-corrected chi connectivity index (χ4v) is 3.01. The van der Waals surface area contributed by atoms with Crippen LogP contribution in [0.15, 0.2) is 12.1 Å². The second-order valence-electron chi connectivity index (χ2n) is 4.35. The summed E-state index contributed by atoms with van der Waals surface area (Å²) in [6.07, 6.45) is 1.20. The van der Waals surface area contributed by atoms with Gasteiger partial charge in [0.05, 0.1) is 10.4 Å². The molecular formula is C12H21ClN2S. The summed E-state index contributed by atoms with van der Waals surface area (Å²) in [4.78, 5) is 3.59. The Kier molecular flexibility index (Phi) is 5.76. The molecule has 0 saturated heterocycles. The van der Waals surface area contributed by atoms with Crippen LogP contribution in [0.3, 0.4) is 0 Å². The van der Waals surface area contributed by atoms with Crippen molar-refractivity contribution >= 4 is 22.9 Å². The van der Waals surface area contributed by atoms with Crippen molar-refractivity contribution in [3.8, 4) is 0 Å². The van der Waals surface area contributed by atoms with E-state index in [1.54, 1.807) is 11.3 Å². The average molecular weight is 261 g/mol. The van der Waals surface area contributed by atoms with Crippen LogP contribution in [0.2, 0.25) is 4.34 Å². The molecule has 2 N–H and O–H groups in total. The molecule has 0 aromatic carbocycles. The first-order valence-electron chi connectivity index (χ1n) is 5.74. The second-order valence-corrected chi connectivity index (χ2v) is 6.09. The molecule has 1 aromatic rings. The Morgan fingerprint density at radius 3 is 2.62 bits per heavy atom. The number of hydrogen-bond acceptors (Lipinski definition) is 3. The third kappa shape index (κ3) is 3.74. The quantitative estimate of drug-likeness (QED) is 0.850. The third-order valence-electron chi connectivity index (χ3n) is 2.97. The SMILES string of the molecule is CCC(C)CN(C)C(CN)c1ccc(Cl)s1. The first-order chi connectivity index (χ1) is 7.58. The van der Waals surface area contributed by atoms with Crippen LogP contribution in [0, 0.1) is 5.92 Å². The summed E-state index contributed by atoms with van der Waals surface area (Å²) in [5, 5.41) is 0. The lowest BCUT2D eigenvalue weighted by atomic mass is 10.1. The third-order valence-corrected chi connectivity index (χ3v) is 4.31. The van der Waals surface area contributed by atoms with E-state index in [1.165, 1.54) is 11.3 Å². The maximum Gasteiger partial charge on any atom is 0.0931 e. The van der Waals surface area contributed by atoms with Crippen molar-refractivity contribution in [2.45, 2.75) is 26.3 Å². The van der Waals surface area contributed by atoms with Crippen molar-refractivity contribution in [1.82, 2.24) is 4.90 Å². The predicted molar refractivity (Wildman–Crippen MR) is 73.2 cm³/mol. The topological polar surface area (TPSA) is 29.3 Å². The van der Waals surface area contributed by atoms with Crippen LogP contribution in [0.4, 0.5) is 0 Å². The largest absolute Gasteiger partial charge is 0.329 e. The van der Waals surface area contributed by atoms with Gasteiger partial charge >= 0.3 is 0 Å². The van der Waals surface area contributed by atoms with Crippen LogP contribution in [-0.2, 0) is 0 Å². The van der Waals surface area contributed by atoms with E-state index in [4.69, 9.17) is 17.3 Å². The molecule has 2 nitrogen and oxygen atoms in total. The minimum atomic E-state index is 0.298. The molecule has 0 spiro atoms. The second kappa shape index (κ2) is 6.60. The van der Waals surface area contributed by atoms with E-state index in [-0.39, 0.29) is 0 Å². The Balaban J connectivity index is 2.66. The molecule has 1 rings (SSSR count). The van der Waals surface area contributed by atoms with Gasteiger partial charge in [-0.1, -0.05) is 31.9 Å². The van der Waals surface area contributed by atoms with Gasteiger partial charge in [0.25, 0.3) is 0 Å². The van der Waals surface area contributed by atoms with Gasteiger partial charge in [0.1, 0.15) is 0 Å². The molecule has 0 fully saturated rings. The molecule has 0 aliphatic heterocycles. The van der Waals surface area contributed by atoms with Gasteiger partial charge in [0, 0.05) is 18.0 Å². The smallest absolute Gasteiger partial charge is 0.0931 e. The summed E-state index contributed by atoms with van der Waals surface area (Å²) in [6.45, 7) is 6.21. The van der Waals surface area contributed by atoms with Crippen LogP contribution < -0.4 is 5.73 Å². The van der Waals surface area contributed by atoms with Crippen molar-refractivity contribution in [3.63, 3.8) is 0 Å². The van der Waals surface area contributed by atoms with Gasteiger partial charge in [0.15, 0.2) is 0 Å².